The molecule has 0 saturated heterocycles. The van der Waals surface area contributed by atoms with Crippen LogP contribution in [0.3, 0.4) is 0 Å². The van der Waals surface area contributed by atoms with Gasteiger partial charge in [-0.3, -0.25) is 0 Å². The zero-order chi connectivity index (χ0) is 11.4. The Labute approximate surface area is 101 Å². The highest BCUT2D eigenvalue weighted by atomic mass is 35.5. The van der Waals surface area contributed by atoms with Crippen LogP contribution in [-0.4, -0.2) is 7.05 Å². The third-order valence-electron chi connectivity index (χ3n) is 2.51. The zero-order valence-corrected chi connectivity index (χ0v) is 9.98. The Morgan fingerprint density at radius 3 is 2.44 bits per heavy atom. The standard InChI is InChI=1S/C14H14ClN/c1-16(11-12-6-3-2-4-7-12)14-9-5-8-13(15)10-14/h2-10H,11H2,1H3. The molecule has 1 nitrogen and oxygen atoms in total. The molecule has 0 bridgehead atoms. The van der Waals surface area contributed by atoms with E-state index < -0.39 is 0 Å². The van der Waals surface area contributed by atoms with Gasteiger partial charge in [0.25, 0.3) is 0 Å². The molecule has 0 aliphatic carbocycles. The van der Waals surface area contributed by atoms with Gasteiger partial charge in [0, 0.05) is 24.3 Å². The monoisotopic (exact) mass is 231 g/mol. The van der Waals surface area contributed by atoms with E-state index in [9.17, 15) is 0 Å². The van der Waals surface area contributed by atoms with E-state index in [-0.39, 0.29) is 0 Å². The van der Waals surface area contributed by atoms with Gasteiger partial charge in [0.1, 0.15) is 0 Å². The van der Waals surface area contributed by atoms with E-state index in [4.69, 9.17) is 11.6 Å². The second-order valence-electron chi connectivity index (χ2n) is 3.82. The van der Waals surface area contributed by atoms with Crippen LogP contribution in [-0.2, 0) is 6.54 Å². The van der Waals surface area contributed by atoms with E-state index in [1.807, 2.05) is 24.3 Å². The zero-order valence-electron chi connectivity index (χ0n) is 9.23. The Morgan fingerprint density at radius 2 is 1.75 bits per heavy atom. The molecule has 0 amide bonds. The van der Waals surface area contributed by atoms with Crippen LogP contribution in [0.1, 0.15) is 5.56 Å². The molecule has 0 heterocycles. The third-order valence-corrected chi connectivity index (χ3v) is 2.75. The van der Waals surface area contributed by atoms with Gasteiger partial charge in [-0.2, -0.15) is 0 Å². The molecule has 0 radical (unpaired) electrons. The van der Waals surface area contributed by atoms with Crippen molar-refractivity contribution in [2.24, 2.45) is 0 Å². The summed E-state index contributed by atoms with van der Waals surface area (Å²) >= 11 is 5.97. The van der Waals surface area contributed by atoms with Gasteiger partial charge in [0.2, 0.25) is 0 Å². The van der Waals surface area contributed by atoms with E-state index in [2.05, 4.69) is 42.3 Å². The largest absolute Gasteiger partial charge is 0.370 e. The summed E-state index contributed by atoms with van der Waals surface area (Å²) in [4.78, 5) is 2.18. The first kappa shape index (κ1) is 11.0. The summed E-state index contributed by atoms with van der Waals surface area (Å²) in [5.74, 6) is 0. The summed E-state index contributed by atoms with van der Waals surface area (Å²) in [6.45, 7) is 0.890. The molecule has 0 N–H and O–H groups in total. The molecule has 0 aliphatic heterocycles. The van der Waals surface area contributed by atoms with Gasteiger partial charge in [-0.05, 0) is 23.8 Å². The number of rotatable bonds is 3. The summed E-state index contributed by atoms with van der Waals surface area (Å²) in [5, 5.41) is 0.775. The topological polar surface area (TPSA) is 3.24 Å². The summed E-state index contributed by atoms with van der Waals surface area (Å²) in [6, 6.07) is 18.3. The third kappa shape index (κ3) is 2.77. The Balaban J connectivity index is 2.12. The van der Waals surface area contributed by atoms with Crippen molar-refractivity contribution in [1.29, 1.82) is 0 Å². The molecule has 82 valence electrons. The van der Waals surface area contributed by atoms with Gasteiger partial charge in [-0.25, -0.2) is 0 Å². The van der Waals surface area contributed by atoms with Crippen LogP contribution in [0.15, 0.2) is 54.6 Å². The van der Waals surface area contributed by atoms with Gasteiger partial charge >= 0.3 is 0 Å². The lowest BCUT2D eigenvalue weighted by molar-refractivity contribution is 0.923. The summed E-state index contributed by atoms with van der Waals surface area (Å²) < 4.78 is 0. The fraction of sp³-hybridized carbons (Fsp3) is 0.143. The van der Waals surface area contributed by atoms with Crippen LogP contribution in [0.5, 0.6) is 0 Å². The highest BCUT2D eigenvalue weighted by Crippen LogP contribution is 2.19. The predicted octanol–water partition coefficient (Wildman–Crippen LogP) is 3.98. The van der Waals surface area contributed by atoms with Crippen molar-refractivity contribution in [3.63, 3.8) is 0 Å². The van der Waals surface area contributed by atoms with E-state index in [1.54, 1.807) is 0 Å². The minimum Gasteiger partial charge on any atom is -0.370 e. The van der Waals surface area contributed by atoms with E-state index in [1.165, 1.54) is 5.56 Å². The number of anilines is 1. The average molecular weight is 232 g/mol. The van der Waals surface area contributed by atoms with Gasteiger partial charge in [-0.1, -0.05) is 48.0 Å². The molecule has 16 heavy (non-hydrogen) atoms. The molecular formula is C14H14ClN. The second kappa shape index (κ2) is 5.04. The van der Waals surface area contributed by atoms with Crippen molar-refractivity contribution in [3.05, 3.63) is 65.2 Å². The predicted molar refractivity (Wildman–Crippen MR) is 70.0 cm³/mol. The van der Waals surface area contributed by atoms with Crippen molar-refractivity contribution in [2.75, 3.05) is 11.9 Å². The molecule has 0 unspecified atom stereocenters. The maximum atomic E-state index is 5.97. The first-order valence-corrected chi connectivity index (χ1v) is 5.64. The Hall–Kier alpha value is -1.47. The number of hydrogen-bond acceptors (Lipinski definition) is 1. The molecule has 2 rings (SSSR count). The fourth-order valence-corrected chi connectivity index (χ4v) is 1.85. The minimum absolute atomic E-state index is 0.775. The van der Waals surface area contributed by atoms with Crippen LogP contribution in [0.25, 0.3) is 0 Å². The van der Waals surface area contributed by atoms with Crippen LogP contribution in [0, 0.1) is 0 Å². The summed E-state index contributed by atoms with van der Waals surface area (Å²) in [6.07, 6.45) is 0. The van der Waals surface area contributed by atoms with Crippen molar-refractivity contribution in [2.45, 2.75) is 6.54 Å². The lowest BCUT2D eigenvalue weighted by atomic mass is 10.2. The molecule has 2 heteroatoms. The van der Waals surface area contributed by atoms with Crippen LogP contribution in [0.4, 0.5) is 5.69 Å². The normalized spacial score (nSPS) is 10.1. The Bertz CT molecular complexity index is 453. The lowest BCUT2D eigenvalue weighted by Crippen LogP contribution is -2.15. The first-order valence-electron chi connectivity index (χ1n) is 5.26. The maximum Gasteiger partial charge on any atom is 0.0426 e. The Kier molecular flexibility index (Phi) is 3.47. The summed E-state index contributed by atoms with van der Waals surface area (Å²) in [5.41, 5.74) is 2.43. The molecule has 2 aromatic carbocycles. The molecule has 0 atom stereocenters. The molecule has 2 aromatic rings. The maximum absolute atomic E-state index is 5.97. The first-order chi connectivity index (χ1) is 7.75. The van der Waals surface area contributed by atoms with Crippen LogP contribution in [0.2, 0.25) is 5.02 Å². The van der Waals surface area contributed by atoms with E-state index >= 15 is 0 Å². The van der Waals surface area contributed by atoms with Crippen LogP contribution >= 0.6 is 11.6 Å². The number of benzene rings is 2. The van der Waals surface area contributed by atoms with Crippen molar-refractivity contribution in [3.8, 4) is 0 Å². The van der Waals surface area contributed by atoms with Crippen molar-refractivity contribution < 1.29 is 0 Å². The number of halogens is 1. The Morgan fingerprint density at radius 1 is 1.00 bits per heavy atom. The van der Waals surface area contributed by atoms with Crippen LogP contribution < -0.4 is 4.90 Å². The molecule has 0 aromatic heterocycles. The second-order valence-corrected chi connectivity index (χ2v) is 4.26. The van der Waals surface area contributed by atoms with Gasteiger partial charge < -0.3 is 4.90 Å². The van der Waals surface area contributed by atoms with Crippen molar-refractivity contribution >= 4 is 17.3 Å². The highest BCUT2D eigenvalue weighted by Gasteiger charge is 2.01. The lowest BCUT2D eigenvalue weighted by Gasteiger charge is -2.19. The minimum atomic E-state index is 0.775. The molecule has 0 fully saturated rings. The molecular weight excluding hydrogens is 218 g/mol. The highest BCUT2D eigenvalue weighted by molar-refractivity contribution is 6.30. The van der Waals surface area contributed by atoms with E-state index in [0.717, 1.165) is 17.3 Å². The van der Waals surface area contributed by atoms with Crippen molar-refractivity contribution in [1.82, 2.24) is 0 Å². The van der Waals surface area contributed by atoms with E-state index in [0.29, 0.717) is 0 Å². The average Bonchev–Trinajstić information content (AvgIpc) is 2.30. The smallest absolute Gasteiger partial charge is 0.0426 e. The molecule has 0 saturated carbocycles. The number of nitrogens with zero attached hydrogens (tertiary/aromatic N) is 1. The van der Waals surface area contributed by atoms with Gasteiger partial charge in [0.05, 0.1) is 0 Å². The quantitative estimate of drug-likeness (QED) is 0.773. The van der Waals surface area contributed by atoms with Gasteiger partial charge in [-0.15, -0.1) is 0 Å². The fourth-order valence-electron chi connectivity index (χ4n) is 1.66. The molecule has 0 aliphatic rings. The van der Waals surface area contributed by atoms with Gasteiger partial charge in [0.15, 0.2) is 0 Å². The molecule has 0 spiro atoms. The summed E-state index contributed by atoms with van der Waals surface area (Å²) in [7, 11) is 2.07. The number of hydrogen-bond donors (Lipinski definition) is 0. The SMILES string of the molecule is CN(Cc1ccccc1)c1cccc(Cl)c1.